The minimum Gasteiger partial charge on any atom is -0.314 e. The van der Waals surface area contributed by atoms with Crippen LogP contribution in [0.15, 0.2) is 17.5 Å². The fourth-order valence-electron chi connectivity index (χ4n) is 1.11. The number of carbonyl (C=O) groups is 1. The summed E-state index contributed by atoms with van der Waals surface area (Å²) in [5.74, 6) is 1.87. The third kappa shape index (κ3) is 2.16. The fourth-order valence-corrected chi connectivity index (χ4v) is 2.66. The highest BCUT2D eigenvalue weighted by atomic mass is 32.2. The lowest BCUT2D eigenvalue weighted by molar-refractivity contribution is 0.225. The summed E-state index contributed by atoms with van der Waals surface area (Å²) in [5.41, 5.74) is 0. The van der Waals surface area contributed by atoms with Gasteiger partial charge in [-0.05, 0) is 17.5 Å². The topological polar surface area (TPSA) is 32.3 Å². The van der Waals surface area contributed by atoms with Crippen molar-refractivity contribution in [2.24, 2.45) is 0 Å². The Bertz CT molecular complexity index is 280. The van der Waals surface area contributed by atoms with Gasteiger partial charge in [-0.3, -0.25) is 5.32 Å². The van der Waals surface area contributed by atoms with Crippen LogP contribution in [-0.4, -0.2) is 29.1 Å². The van der Waals surface area contributed by atoms with Gasteiger partial charge in [0.1, 0.15) is 0 Å². The van der Waals surface area contributed by atoms with Crippen molar-refractivity contribution >= 4 is 34.1 Å². The molecule has 1 aliphatic heterocycles. The van der Waals surface area contributed by atoms with Crippen LogP contribution in [0.2, 0.25) is 0 Å². The van der Waals surface area contributed by atoms with E-state index >= 15 is 0 Å². The molecule has 0 saturated carbocycles. The van der Waals surface area contributed by atoms with Crippen LogP contribution in [0.25, 0.3) is 0 Å². The third-order valence-corrected chi connectivity index (χ3v) is 3.54. The van der Waals surface area contributed by atoms with E-state index in [0.717, 1.165) is 23.2 Å². The fraction of sp³-hybridized carbons (Fsp3) is 0.375. The zero-order valence-electron chi connectivity index (χ0n) is 7.03. The Morgan fingerprint density at radius 2 is 2.54 bits per heavy atom. The van der Waals surface area contributed by atoms with E-state index in [2.05, 4.69) is 5.32 Å². The second kappa shape index (κ2) is 4.02. The highest BCUT2D eigenvalue weighted by Gasteiger charge is 2.17. The summed E-state index contributed by atoms with van der Waals surface area (Å²) in [5, 5.41) is 5.73. The number of thioether (sulfide) groups is 1. The number of anilines is 1. The maximum Gasteiger partial charge on any atom is 0.323 e. The van der Waals surface area contributed by atoms with Gasteiger partial charge in [0.2, 0.25) is 0 Å². The van der Waals surface area contributed by atoms with Gasteiger partial charge in [-0.25, -0.2) is 4.79 Å². The molecule has 0 radical (unpaired) electrons. The van der Waals surface area contributed by atoms with E-state index in [1.165, 1.54) is 0 Å². The molecule has 3 nitrogen and oxygen atoms in total. The third-order valence-electron chi connectivity index (χ3n) is 1.79. The van der Waals surface area contributed by atoms with Crippen molar-refractivity contribution in [3.63, 3.8) is 0 Å². The predicted molar refractivity (Wildman–Crippen MR) is 57.4 cm³/mol. The largest absolute Gasteiger partial charge is 0.323 e. The molecule has 70 valence electrons. The van der Waals surface area contributed by atoms with Gasteiger partial charge < -0.3 is 4.90 Å². The van der Waals surface area contributed by atoms with Crippen molar-refractivity contribution in [1.82, 2.24) is 4.90 Å². The van der Waals surface area contributed by atoms with Crippen molar-refractivity contribution < 1.29 is 4.79 Å². The molecular formula is C8H10N2OS2. The van der Waals surface area contributed by atoms with Crippen molar-refractivity contribution in [3.8, 4) is 0 Å². The van der Waals surface area contributed by atoms with Crippen LogP contribution in [-0.2, 0) is 0 Å². The molecule has 0 atom stereocenters. The number of carbonyl (C=O) groups excluding carboxylic acids is 1. The molecule has 0 unspecified atom stereocenters. The summed E-state index contributed by atoms with van der Waals surface area (Å²) in [4.78, 5) is 13.3. The van der Waals surface area contributed by atoms with Crippen LogP contribution < -0.4 is 5.32 Å². The summed E-state index contributed by atoms with van der Waals surface area (Å²) in [6.45, 7) is 0.863. The van der Waals surface area contributed by atoms with E-state index in [1.54, 1.807) is 23.1 Å². The Labute approximate surface area is 85.1 Å². The SMILES string of the molecule is O=C(Nc1cccs1)N1CCSC1. The molecule has 1 aliphatic rings. The number of amides is 2. The summed E-state index contributed by atoms with van der Waals surface area (Å²) >= 11 is 3.34. The molecule has 0 spiro atoms. The van der Waals surface area contributed by atoms with E-state index in [4.69, 9.17) is 0 Å². The van der Waals surface area contributed by atoms with E-state index in [0.29, 0.717) is 0 Å². The smallest absolute Gasteiger partial charge is 0.314 e. The molecule has 1 aromatic heterocycles. The Hall–Kier alpha value is -0.680. The van der Waals surface area contributed by atoms with Crippen molar-refractivity contribution in [2.45, 2.75) is 0 Å². The average Bonchev–Trinajstić information content (AvgIpc) is 2.74. The second-order valence-electron chi connectivity index (χ2n) is 2.71. The molecule has 1 saturated heterocycles. The number of urea groups is 1. The Kier molecular flexibility index (Phi) is 2.75. The van der Waals surface area contributed by atoms with Crippen molar-refractivity contribution in [3.05, 3.63) is 17.5 Å². The standard InChI is InChI=1S/C8H10N2OS2/c11-8(10-3-5-12-6-10)9-7-2-1-4-13-7/h1-2,4H,3,5-6H2,(H,9,11). The maximum absolute atomic E-state index is 11.5. The molecule has 0 bridgehead atoms. The lowest BCUT2D eigenvalue weighted by Crippen LogP contribution is -2.31. The minimum atomic E-state index is 0.0208. The van der Waals surface area contributed by atoms with Gasteiger partial charge in [-0.2, -0.15) is 0 Å². The monoisotopic (exact) mass is 214 g/mol. The molecule has 1 fully saturated rings. The number of nitrogens with one attached hydrogen (secondary N) is 1. The van der Waals surface area contributed by atoms with Gasteiger partial charge in [0.25, 0.3) is 0 Å². The first-order valence-electron chi connectivity index (χ1n) is 4.03. The summed E-state index contributed by atoms with van der Waals surface area (Å²) in [7, 11) is 0. The number of hydrogen-bond donors (Lipinski definition) is 1. The first-order chi connectivity index (χ1) is 6.36. The molecule has 0 aromatic carbocycles. The van der Waals surface area contributed by atoms with E-state index in [9.17, 15) is 4.79 Å². The molecule has 2 heterocycles. The highest BCUT2D eigenvalue weighted by molar-refractivity contribution is 7.99. The lowest BCUT2D eigenvalue weighted by atomic mass is 10.6. The summed E-state index contributed by atoms with van der Waals surface area (Å²) in [6, 6.07) is 3.86. The Balaban J connectivity index is 1.91. The first kappa shape index (κ1) is 8.90. The van der Waals surface area contributed by atoms with Crippen molar-refractivity contribution in [1.29, 1.82) is 0 Å². The van der Waals surface area contributed by atoms with Gasteiger partial charge in [-0.15, -0.1) is 23.1 Å². The first-order valence-corrected chi connectivity index (χ1v) is 6.07. The van der Waals surface area contributed by atoms with Crippen molar-refractivity contribution in [2.75, 3.05) is 23.5 Å². The van der Waals surface area contributed by atoms with Gasteiger partial charge in [0.15, 0.2) is 0 Å². The van der Waals surface area contributed by atoms with Gasteiger partial charge in [0, 0.05) is 12.3 Å². The van der Waals surface area contributed by atoms with Gasteiger partial charge in [-0.1, -0.05) is 0 Å². The Morgan fingerprint density at radius 3 is 3.15 bits per heavy atom. The summed E-state index contributed by atoms with van der Waals surface area (Å²) in [6.07, 6.45) is 0. The molecule has 2 rings (SSSR count). The number of nitrogens with zero attached hydrogens (tertiary/aromatic N) is 1. The predicted octanol–water partition coefficient (Wildman–Crippen LogP) is 2.29. The molecule has 5 heteroatoms. The number of hydrogen-bond acceptors (Lipinski definition) is 3. The normalized spacial score (nSPS) is 16.2. The average molecular weight is 214 g/mol. The zero-order valence-corrected chi connectivity index (χ0v) is 8.66. The van der Waals surface area contributed by atoms with Crippen LogP contribution in [0.1, 0.15) is 0 Å². The van der Waals surface area contributed by atoms with Crippen LogP contribution in [0.5, 0.6) is 0 Å². The summed E-state index contributed by atoms with van der Waals surface area (Å²) < 4.78 is 0. The van der Waals surface area contributed by atoms with Crippen LogP contribution in [0, 0.1) is 0 Å². The van der Waals surface area contributed by atoms with Gasteiger partial charge in [0.05, 0.1) is 10.9 Å². The maximum atomic E-state index is 11.5. The van der Waals surface area contributed by atoms with Gasteiger partial charge >= 0.3 is 6.03 Å². The van der Waals surface area contributed by atoms with Crippen LogP contribution in [0.3, 0.4) is 0 Å². The molecule has 13 heavy (non-hydrogen) atoms. The zero-order chi connectivity index (χ0) is 9.10. The molecule has 1 N–H and O–H groups in total. The molecule has 2 amide bonds. The molecule has 0 aliphatic carbocycles. The van der Waals surface area contributed by atoms with E-state index in [-0.39, 0.29) is 6.03 Å². The van der Waals surface area contributed by atoms with E-state index < -0.39 is 0 Å². The van der Waals surface area contributed by atoms with Crippen LogP contribution in [0.4, 0.5) is 9.80 Å². The Morgan fingerprint density at radius 1 is 1.62 bits per heavy atom. The van der Waals surface area contributed by atoms with Crippen LogP contribution >= 0.6 is 23.1 Å². The molecular weight excluding hydrogens is 204 g/mol. The quantitative estimate of drug-likeness (QED) is 0.778. The number of rotatable bonds is 1. The molecule has 1 aromatic rings. The minimum absolute atomic E-state index is 0.0208. The number of thiophene rings is 1. The highest BCUT2D eigenvalue weighted by Crippen LogP contribution is 2.18. The van der Waals surface area contributed by atoms with E-state index in [1.807, 2.05) is 22.4 Å². The lowest BCUT2D eigenvalue weighted by Gasteiger charge is -2.13. The second-order valence-corrected chi connectivity index (χ2v) is 4.73.